The van der Waals surface area contributed by atoms with Gasteiger partial charge in [0.1, 0.15) is 0 Å². The number of hydrogen-bond donors (Lipinski definition) is 2. The maximum absolute atomic E-state index is 13.5. The predicted molar refractivity (Wildman–Crippen MR) is 69.7 cm³/mol. The van der Waals surface area contributed by atoms with Crippen molar-refractivity contribution in [2.45, 2.75) is 19.4 Å². The zero-order valence-corrected chi connectivity index (χ0v) is 10.6. The third kappa shape index (κ3) is 2.95. The van der Waals surface area contributed by atoms with Gasteiger partial charge in [-0.15, -0.1) is 11.3 Å². The largest absolute Gasteiger partial charge is 0.381 e. The van der Waals surface area contributed by atoms with E-state index in [2.05, 4.69) is 10.3 Å². The number of hydrogen-bond acceptors (Lipinski definition) is 4. The first-order valence-corrected chi connectivity index (χ1v) is 6.34. The summed E-state index contributed by atoms with van der Waals surface area (Å²) >= 11 is 1.63. The molecule has 2 aromatic heterocycles. The number of nitrogens with one attached hydrogen (secondary N) is 1. The van der Waals surface area contributed by atoms with Crippen molar-refractivity contribution in [1.29, 1.82) is 0 Å². The lowest BCUT2D eigenvalue weighted by Crippen LogP contribution is -2.20. The third-order valence-electron chi connectivity index (χ3n) is 2.43. The Morgan fingerprint density at radius 2 is 2.22 bits per heavy atom. The van der Waals surface area contributed by atoms with E-state index in [0.717, 1.165) is 12.5 Å². The minimum absolute atomic E-state index is 0.0158. The fourth-order valence-electron chi connectivity index (χ4n) is 1.60. The quantitative estimate of drug-likeness (QED) is 0.897. The van der Waals surface area contributed by atoms with E-state index in [9.17, 15) is 8.78 Å². The van der Waals surface area contributed by atoms with Crippen LogP contribution in [-0.2, 0) is 6.42 Å². The second-order valence-corrected chi connectivity index (χ2v) is 5.05. The van der Waals surface area contributed by atoms with Crippen molar-refractivity contribution in [3.8, 4) is 0 Å². The van der Waals surface area contributed by atoms with Crippen molar-refractivity contribution in [1.82, 2.24) is 4.98 Å². The van der Waals surface area contributed by atoms with Crippen molar-refractivity contribution in [3.63, 3.8) is 0 Å². The summed E-state index contributed by atoms with van der Waals surface area (Å²) in [5, 5.41) is 4.87. The summed E-state index contributed by atoms with van der Waals surface area (Å²) in [4.78, 5) is 4.85. The van der Waals surface area contributed by atoms with Crippen molar-refractivity contribution >= 4 is 23.0 Å². The van der Waals surface area contributed by atoms with Crippen LogP contribution in [0, 0.1) is 11.6 Å². The zero-order chi connectivity index (χ0) is 13.1. The molecule has 0 saturated heterocycles. The summed E-state index contributed by atoms with van der Waals surface area (Å²) in [7, 11) is 0. The monoisotopic (exact) mass is 269 g/mol. The molecule has 6 heteroatoms. The number of aromatic nitrogens is 1. The van der Waals surface area contributed by atoms with Crippen LogP contribution >= 0.6 is 11.3 Å². The molecule has 18 heavy (non-hydrogen) atoms. The Labute approximate surface area is 108 Å². The molecule has 0 spiro atoms. The summed E-state index contributed by atoms with van der Waals surface area (Å²) in [6, 6.07) is 4.69. The first kappa shape index (κ1) is 12.8. The number of pyridine rings is 1. The molecule has 96 valence electrons. The average molecular weight is 269 g/mol. The Morgan fingerprint density at radius 3 is 2.89 bits per heavy atom. The maximum atomic E-state index is 13.5. The summed E-state index contributed by atoms with van der Waals surface area (Å²) in [6.07, 6.45) is 0.746. The highest BCUT2D eigenvalue weighted by Crippen LogP contribution is 2.19. The Bertz CT molecular complexity index is 528. The van der Waals surface area contributed by atoms with Crippen LogP contribution in [0.5, 0.6) is 0 Å². The maximum Gasteiger partial charge on any atom is 0.168 e. The highest BCUT2D eigenvalue weighted by molar-refractivity contribution is 7.09. The molecule has 3 nitrogen and oxygen atoms in total. The van der Waals surface area contributed by atoms with E-state index in [1.165, 1.54) is 4.88 Å². The standard InChI is InChI=1S/C12H13F2N3S/c1-7(5-8-3-2-4-18-8)16-12-10(14)6-9(13)11(15)17-12/h2-4,6-7H,5H2,1H3,(H3,15,16,17). The van der Waals surface area contributed by atoms with Crippen molar-refractivity contribution in [2.24, 2.45) is 0 Å². The molecule has 2 rings (SSSR count). The van der Waals surface area contributed by atoms with Crippen LogP contribution in [-0.4, -0.2) is 11.0 Å². The molecule has 1 unspecified atom stereocenters. The fourth-order valence-corrected chi connectivity index (χ4v) is 2.43. The summed E-state index contributed by atoms with van der Waals surface area (Å²) in [5.41, 5.74) is 5.31. The van der Waals surface area contributed by atoms with Gasteiger partial charge in [-0.2, -0.15) is 0 Å². The average Bonchev–Trinajstić information content (AvgIpc) is 2.78. The molecule has 0 fully saturated rings. The Hall–Kier alpha value is -1.69. The van der Waals surface area contributed by atoms with Crippen molar-refractivity contribution < 1.29 is 8.78 Å². The lowest BCUT2D eigenvalue weighted by molar-refractivity contribution is 0.577. The molecule has 3 N–H and O–H groups in total. The van der Waals surface area contributed by atoms with Gasteiger partial charge < -0.3 is 11.1 Å². The van der Waals surface area contributed by atoms with E-state index < -0.39 is 11.6 Å². The molecule has 0 aliphatic carbocycles. The molecular weight excluding hydrogens is 256 g/mol. The van der Waals surface area contributed by atoms with Gasteiger partial charge in [0.2, 0.25) is 0 Å². The number of thiophene rings is 1. The lowest BCUT2D eigenvalue weighted by Gasteiger charge is -2.14. The van der Waals surface area contributed by atoms with E-state index in [1.807, 2.05) is 24.4 Å². The highest BCUT2D eigenvalue weighted by atomic mass is 32.1. The third-order valence-corrected chi connectivity index (χ3v) is 3.33. The van der Waals surface area contributed by atoms with E-state index in [0.29, 0.717) is 0 Å². The van der Waals surface area contributed by atoms with Crippen LogP contribution in [0.1, 0.15) is 11.8 Å². The second kappa shape index (κ2) is 5.30. The topological polar surface area (TPSA) is 50.9 Å². The predicted octanol–water partition coefficient (Wildman–Crippen LogP) is 3.05. The van der Waals surface area contributed by atoms with Gasteiger partial charge in [0.05, 0.1) is 0 Å². The smallest absolute Gasteiger partial charge is 0.168 e. The van der Waals surface area contributed by atoms with Gasteiger partial charge in [-0.25, -0.2) is 13.8 Å². The molecule has 0 aliphatic heterocycles. The number of halogens is 2. The first-order valence-electron chi connectivity index (χ1n) is 5.46. The van der Waals surface area contributed by atoms with Crippen LogP contribution in [0.25, 0.3) is 0 Å². The lowest BCUT2D eigenvalue weighted by atomic mass is 10.2. The fraction of sp³-hybridized carbons (Fsp3) is 0.250. The van der Waals surface area contributed by atoms with Crippen LogP contribution in [0.2, 0.25) is 0 Å². The van der Waals surface area contributed by atoms with Crippen molar-refractivity contribution in [2.75, 3.05) is 11.1 Å². The van der Waals surface area contributed by atoms with Gasteiger partial charge >= 0.3 is 0 Å². The minimum Gasteiger partial charge on any atom is -0.381 e. The summed E-state index contributed by atoms with van der Waals surface area (Å²) < 4.78 is 26.4. The van der Waals surface area contributed by atoms with E-state index >= 15 is 0 Å². The summed E-state index contributed by atoms with van der Waals surface area (Å²) in [6.45, 7) is 1.90. The number of nitrogens with two attached hydrogens (primary N) is 1. The SMILES string of the molecule is CC(Cc1cccs1)Nc1nc(N)c(F)cc1F. The van der Waals surface area contributed by atoms with Gasteiger partial charge in [0.25, 0.3) is 0 Å². The molecule has 0 saturated carbocycles. The Balaban J connectivity index is 2.07. The molecule has 0 bridgehead atoms. The first-order chi connectivity index (χ1) is 8.56. The van der Waals surface area contributed by atoms with Crippen LogP contribution in [0.3, 0.4) is 0 Å². The number of anilines is 2. The van der Waals surface area contributed by atoms with Crippen molar-refractivity contribution in [3.05, 3.63) is 40.1 Å². The normalized spacial score (nSPS) is 12.4. The molecule has 2 heterocycles. The van der Waals surface area contributed by atoms with E-state index in [1.54, 1.807) is 11.3 Å². The molecule has 0 aromatic carbocycles. The van der Waals surface area contributed by atoms with E-state index in [4.69, 9.17) is 5.73 Å². The number of rotatable bonds is 4. The van der Waals surface area contributed by atoms with Crippen LogP contribution in [0.4, 0.5) is 20.4 Å². The molecular formula is C12H13F2N3S. The minimum atomic E-state index is -0.844. The zero-order valence-electron chi connectivity index (χ0n) is 9.78. The highest BCUT2D eigenvalue weighted by Gasteiger charge is 2.12. The number of nitrogens with zero attached hydrogens (tertiary/aromatic N) is 1. The van der Waals surface area contributed by atoms with Gasteiger partial charge in [-0.1, -0.05) is 6.07 Å². The molecule has 0 aliphatic rings. The molecule has 1 atom stereocenters. The molecule has 0 amide bonds. The molecule has 2 aromatic rings. The van der Waals surface area contributed by atoms with Gasteiger partial charge in [-0.05, 0) is 18.4 Å². The summed E-state index contributed by atoms with van der Waals surface area (Å²) in [5.74, 6) is -1.90. The second-order valence-electron chi connectivity index (χ2n) is 4.01. The van der Waals surface area contributed by atoms with Gasteiger partial charge in [0, 0.05) is 23.4 Å². The Kier molecular flexibility index (Phi) is 3.76. The molecule has 0 radical (unpaired) electrons. The van der Waals surface area contributed by atoms with Gasteiger partial charge in [0.15, 0.2) is 23.3 Å². The van der Waals surface area contributed by atoms with Crippen LogP contribution in [0.15, 0.2) is 23.6 Å². The van der Waals surface area contributed by atoms with Crippen LogP contribution < -0.4 is 11.1 Å². The number of nitrogen functional groups attached to an aromatic ring is 1. The van der Waals surface area contributed by atoms with E-state index in [-0.39, 0.29) is 17.7 Å². The Morgan fingerprint density at radius 1 is 1.44 bits per heavy atom. The van der Waals surface area contributed by atoms with Gasteiger partial charge in [-0.3, -0.25) is 0 Å².